The molecule has 0 aliphatic carbocycles. The van der Waals surface area contributed by atoms with Gasteiger partial charge in [0.1, 0.15) is 11.6 Å². The summed E-state index contributed by atoms with van der Waals surface area (Å²) in [6.45, 7) is 1.98. The van der Waals surface area contributed by atoms with Crippen LogP contribution in [0.5, 0.6) is 5.75 Å². The highest BCUT2D eigenvalue weighted by molar-refractivity contribution is 7.10. The fraction of sp³-hybridized carbons (Fsp3) is 0.231. The maximum absolute atomic E-state index is 14.0. The minimum Gasteiger partial charge on any atom is -0.497 e. The lowest BCUT2D eigenvalue weighted by atomic mass is 10.0. The Morgan fingerprint density at radius 3 is 2.67 bits per heavy atom. The van der Waals surface area contributed by atoms with Crippen molar-refractivity contribution in [3.8, 4) is 5.75 Å². The maximum Gasteiger partial charge on any atom is 0.132 e. The highest BCUT2D eigenvalue weighted by atomic mass is 32.1. The summed E-state index contributed by atoms with van der Waals surface area (Å²) in [6, 6.07) is 6.44. The smallest absolute Gasteiger partial charge is 0.132 e. The third-order valence-electron chi connectivity index (χ3n) is 2.85. The maximum atomic E-state index is 14.0. The molecule has 3 N–H and O–H groups in total. The van der Waals surface area contributed by atoms with Gasteiger partial charge in [-0.1, -0.05) is 6.07 Å². The first-order valence-electron chi connectivity index (χ1n) is 5.51. The van der Waals surface area contributed by atoms with Crippen LogP contribution in [0.15, 0.2) is 29.6 Å². The lowest BCUT2D eigenvalue weighted by Crippen LogP contribution is -2.29. The molecule has 0 amide bonds. The third kappa shape index (κ3) is 2.38. The van der Waals surface area contributed by atoms with Gasteiger partial charge in [0.2, 0.25) is 0 Å². The van der Waals surface area contributed by atoms with E-state index >= 15 is 0 Å². The summed E-state index contributed by atoms with van der Waals surface area (Å²) in [5.74, 6) is 5.73. The molecule has 0 saturated heterocycles. The monoisotopic (exact) mass is 266 g/mol. The number of hydrazine groups is 1. The van der Waals surface area contributed by atoms with Crippen LogP contribution in [0.3, 0.4) is 0 Å². The number of methoxy groups -OCH3 is 1. The average Bonchev–Trinajstić information content (AvgIpc) is 2.78. The van der Waals surface area contributed by atoms with Crippen LogP contribution in [0.25, 0.3) is 0 Å². The minimum absolute atomic E-state index is 0.329. The number of thiophene rings is 1. The molecule has 1 unspecified atom stereocenters. The van der Waals surface area contributed by atoms with Crippen LogP contribution in [-0.2, 0) is 0 Å². The zero-order valence-electron chi connectivity index (χ0n) is 10.2. The molecule has 1 heterocycles. The van der Waals surface area contributed by atoms with E-state index in [2.05, 4.69) is 5.43 Å². The Labute approximate surface area is 109 Å². The molecule has 5 heteroatoms. The molecule has 0 radical (unpaired) electrons. The molecule has 2 rings (SSSR count). The predicted molar refractivity (Wildman–Crippen MR) is 71.2 cm³/mol. The van der Waals surface area contributed by atoms with Gasteiger partial charge in [-0.15, -0.1) is 11.3 Å². The zero-order valence-corrected chi connectivity index (χ0v) is 11.1. The highest BCUT2D eigenvalue weighted by Gasteiger charge is 2.19. The molecule has 0 fully saturated rings. The molecule has 3 nitrogen and oxygen atoms in total. The van der Waals surface area contributed by atoms with Crippen molar-refractivity contribution >= 4 is 11.3 Å². The molecule has 96 valence electrons. The summed E-state index contributed by atoms with van der Waals surface area (Å²) < 4.78 is 19.0. The van der Waals surface area contributed by atoms with E-state index in [0.29, 0.717) is 11.3 Å². The average molecular weight is 266 g/mol. The molecule has 1 atom stereocenters. The van der Waals surface area contributed by atoms with E-state index in [1.165, 1.54) is 13.2 Å². The van der Waals surface area contributed by atoms with Crippen LogP contribution in [0, 0.1) is 12.7 Å². The van der Waals surface area contributed by atoms with E-state index in [-0.39, 0.29) is 11.9 Å². The van der Waals surface area contributed by atoms with E-state index < -0.39 is 0 Å². The van der Waals surface area contributed by atoms with Crippen LogP contribution < -0.4 is 16.0 Å². The molecular formula is C13H15FN2OS. The summed E-state index contributed by atoms with van der Waals surface area (Å²) >= 11 is 1.56. The van der Waals surface area contributed by atoms with Crippen molar-refractivity contribution in [1.82, 2.24) is 5.43 Å². The van der Waals surface area contributed by atoms with Crippen molar-refractivity contribution in [3.63, 3.8) is 0 Å². The summed E-state index contributed by atoms with van der Waals surface area (Å²) in [5, 5.41) is 1.97. The molecule has 1 aromatic carbocycles. The second kappa shape index (κ2) is 5.48. The van der Waals surface area contributed by atoms with Gasteiger partial charge in [-0.25, -0.2) is 9.82 Å². The molecule has 0 spiro atoms. The summed E-state index contributed by atoms with van der Waals surface area (Å²) in [6.07, 6.45) is 0. The topological polar surface area (TPSA) is 47.3 Å². The molecule has 2 aromatic rings. The quantitative estimate of drug-likeness (QED) is 0.661. The van der Waals surface area contributed by atoms with Crippen molar-refractivity contribution in [2.24, 2.45) is 5.84 Å². The number of nitrogens with one attached hydrogen (secondary N) is 1. The molecule has 0 aliphatic rings. The van der Waals surface area contributed by atoms with Gasteiger partial charge in [-0.3, -0.25) is 5.84 Å². The SMILES string of the molecule is COc1ccc(C(NN)c2sccc2C)c(F)c1. The van der Waals surface area contributed by atoms with Gasteiger partial charge in [0.25, 0.3) is 0 Å². The van der Waals surface area contributed by atoms with E-state index in [9.17, 15) is 4.39 Å². The molecule has 0 bridgehead atoms. The lowest BCUT2D eigenvalue weighted by molar-refractivity contribution is 0.410. The van der Waals surface area contributed by atoms with E-state index in [0.717, 1.165) is 10.4 Å². The second-order valence-electron chi connectivity index (χ2n) is 3.95. The normalized spacial score (nSPS) is 12.4. The number of ether oxygens (including phenoxy) is 1. The van der Waals surface area contributed by atoms with Gasteiger partial charge in [0.05, 0.1) is 13.2 Å². The van der Waals surface area contributed by atoms with Gasteiger partial charge in [0.15, 0.2) is 0 Å². The van der Waals surface area contributed by atoms with Gasteiger partial charge < -0.3 is 4.74 Å². The minimum atomic E-state index is -0.337. The number of halogens is 1. The fourth-order valence-corrected chi connectivity index (χ4v) is 2.86. The third-order valence-corrected chi connectivity index (χ3v) is 3.93. The number of hydrogen-bond donors (Lipinski definition) is 2. The van der Waals surface area contributed by atoms with Crippen molar-refractivity contribution in [2.45, 2.75) is 13.0 Å². The Balaban J connectivity index is 2.42. The Hall–Kier alpha value is -1.43. The first-order chi connectivity index (χ1) is 8.67. The van der Waals surface area contributed by atoms with Crippen LogP contribution >= 0.6 is 11.3 Å². The molecule has 0 saturated carbocycles. The number of rotatable bonds is 4. The molecule has 0 aliphatic heterocycles. The summed E-state index contributed by atoms with van der Waals surface area (Å²) in [4.78, 5) is 1.02. The number of nitrogens with two attached hydrogens (primary N) is 1. The van der Waals surface area contributed by atoms with Gasteiger partial charge in [0, 0.05) is 16.5 Å². The largest absolute Gasteiger partial charge is 0.497 e. The number of hydrogen-bond acceptors (Lipinski definition) is 4. The summed E-state index contributed by atoms with van der Waals surface area (Å²) in [7, 11) is 1.51. The van der Waals surface area contributed by atoms with Crippen molar-refractivity contribution in [3.05, 3.63) is 51.5 Å². The van der Waals surface area contributed by atoms with Crippen LogP contribution in [0.1, 0.15) is 22.0 Å². The van der Waals surface area contributed by atoms with E-state index in [1.54, 1.807) is 23.5 Å². The Bertz CT molecular complexity index is 542. The number of aryl methyl sites for hydroxylation is 1. The van der Waals surface area contributed by atoms with Crippen molar-refractivity contribution in [2.75, 3.05) is 7.11 Å². The number of benzene rings is 1. The predicted octanol–water partition coefficient (Wildman–Crippen LogP) is 2.76. The first kappa shape index (κ1) is 13.0. The fourth-order valence-electron chi connectivity index (χ4n) is 1.86. The van der Waals surface area contributed by atoms with Crippen molar-refractivity contribution < 1.29 is 9.13 Å². The van der Waals surface area contributed by atoms with Crippen LogP contribution in [0.2, 0.25) is 0 Å². The Kier molecular flexibility index (Phi) is 3.96. The summed E-state index contributed by atoms with van der Waals surface area (Å²) in [5.41, 5.74) is 4.28. The van der Waals surface area contributed by atoms with Gasteiger partial charge >= 0.3 is 0 Å². The molecule has 18 heavy (non-hydrogen) atoms. The Morgan fingerprint density at radius 1 is 1.39 bits per heavy atom. The van der Waals surface area contributed by atoms with Crippen LogP contribution in [-0.4, -0.2) is 7.11 Å². The molecule has 1 aromatic heterocycles. The highest BCUT2D eigenvalue weighted by Crippen LogP contribution is 2.31. The van der Waals surface area contributed by atoms with Crippen LogP contribution in [0.4, 0.5) is 4.39 Å². The van der Waals surface area contributed by atoms with Gasteiger partial charge in [-0.2, -0.15) is 0 Å². The standard InChI is InChI=1S/C13H15FN2OS/c1-8-5-6-18-13(8)12(16-15)10-4-3-9(17-2)7-11(10)14/h3-7,12,16H,15H2,1-2H3. The van der Waals surface area contributed by atoms with E-state index in [1.807, 2.05) is 18.4 Å². The lowest BCUT2D eigenvalue weighted by Gasteiger charge is -2.17. The first-order valence-corrected chi connectivity index (χ1v) is 6.39. The zero-order chi connectivity index (χ0) is 13.1. The van der Waals surface area contributed by atoms with Crippen molar-refractivity contribution in [1.29, 1.82) is 0 Å². The van der Waals surface area contributed by atoms with Gasteiger partial charge in [-0.05, 0) is 30.0 Å². The second-order valence-corrected chi connectivity index (χ2v) is 4.90. The Morgan fingerprint density at radius 2 is 2.17 bits per heavy atom. The molecular weight excluding hydrogens is 251 g/mol. The van der Waals surface area contributed by atoms with E-state index in [4.69, 9.17) is 10.6 Å².